The van der Waals surface area contributed by atoms with Crippen LogP contribution in [0.15, 0.2) is 35.5 Å². The molecule has 0 unspecified atom stereocenters. The zero-order valence-corrected chi connectivity index (χ0v) is 21.4. The molecule has 1 amide bonds. The van der Waals surface area contributed by atoms with Crippen molar-refractivity contribution in [3.63, 3.8) is 0 Å². The van der Waals surface area contributed by atoms with Crippen molar-refractivity contribution in [3.05, 3.63) is 52.1 Å². The minimum absolute atomic E-state index is 0.0696. The molecule has 0 radical (unpaired) electrons. The summed E-state index contributed by atoms with van der Waals surface area (Å²) in [5, 5.41) is 4.60. The van der Waals surface area contributed by atoms with Gasteiger partial charge in [-0.15, -0.1) is 0 Å². The molecule has 2 aliphatic heterocycles. The van der Waals surface area contributed by atoms with E-state index in [4.69, 9.17) is 25.9 Å². The Bertz CT molecular complexity index is 980. The van der Waals surface area contributed by atoms with Gasteiger partial charge in [0.2, 0.25) is 0 Å². The fraction of sp³-hybridized carbons (Fsp3) is 0.519. The van der Waals surface area contributed by atoms with Crippen molar-refractivity contribution in [2.45, 2.75) is 58.3 Å². The molecule has 35 heavy (non-hydrogen) atoms. The molecular formula is C27H35ClN2O5. The van der Waals surface area contributed by atoms with Crippen molar-refractivity contribution in [2.75, 3.05) is 33.4 Å². The molecule has 1 aromatic rings. The van der Waals surface area contributed by atoms with Crippen molar-refractivity contribution in [1.29, 1.82) is 0 Å². The number of hydrogen-bond acceptors (Lipinski definition) is 6. The maximum Gasteiger partial charge on any atom is 0.338 e. The van der Waals surface area contributed by atoms with Crippen molar-refractivity contribution >= 4 is 29.2 Å². The average Bonchev–Trinajstić information content (AvgIpc) is 2.87. The van der Waals surface area contributed by atoms with Gasteiger partial charge in [0.25, 0.3) is 5.91 Å². The number of nitrogens with zero attached hydrogens (tertiary/aromatic N) is 2. The number of carbonyl (C=O) groups excluding carboxylic acids is 2. The number of cyclic esters (lactones) is 1. The molecule has 0 aromatic heterocycles. The van der Waals surface area contributed by atoms with E-state index in [-0.39, 0.29) is 18.9 Å². The summed E-state index contributed by atoms with van der Waals surface area (Å²) in [6, 6.07) is 1.74. The van der Waals surface area contributed by atoms with Crippen LogP contribution in [0.1, 0.15) is 66.4 Å². The Morgan fingerprint density at radius 1 is 1.11 bits per heavy atom. The average molecular weight is 503 g/mol. The monoisotopic (exact) mass is 502 g/mol. The highest BCUT2D eigenvalue weighted by molar-refractivity contribution is 6.33. The lowest BCUT2D eigenvalue weighted by Crippen LogP contribution is -2.37. The second-order valence-corrected chi connectivity index (χ2v) is 9.14. The van der Waals surface area contributed by atoms with Gasteiger partial charge in [-0.1, -0.05) is 35.0 Å². The first-order valence-electron chi connectivity index (χ1n) is 12.3. The van der Waals surface area contributed by atoms with Crippen molar-refractivity contribution in [3.8, 4) is 5.75 Å². The third kappa shape index (κ3) is 7.85. The third-order valence-electron chi connectivity index (χ3n) is 6.11. The predicted molar refractivity (Wildman–Crippen MR) is 137 cm³/mol. The maximum absolute atomic E-state index is 13.0. The number of likely N-dealkylation sites (tertiary alicyclic amines) is 1. The van der Waals surface area contributed by atoms with Gasteiger partial charge in [-0.2, -0.15) is 0 Å². The highest BCUT2D eigenvalue weighted by atomic mass is 35.5. The molecule has 7 nitrogen and oxygen atoms in total. The lowest BCUT2D eigenvalue weighted by atomic mass is 9.96. The van der Waals surface area contributed by atoms with E-state index in [1.807, 2.05) is 24.0 Å². The van der Waals surface area contributed by atoms with Crippen molar-refractivity contribution < 1.29 is 23.9 Å². The molecule has 3 rings (SSSR count). The number of benzene rings is 1. The Kier molecular flexibility index (Phi) is 10.7. The van der Waals surface area contributed by atoms with Gasteiger partial charge in [0.05, 0.1) is 30.0 Å². The smallest absolute Gasteiger partial charge is 0.338 e. The molecule has 0 atom stereocenters. The van der Waals surface area contributed by atoms with Crippen LogP contribution in [0.4, 0.5) is 0 Å². The normalized spacial score (nSPS) is 20.7. The molecule has 2 heterocycles. The summed E-state index contributed by atoms with van der Waals surface area (Å²) in [5.41, 5.74) is 2.24. The second kappa shape index (κ2) is 13.9. The first-order chi connectivity index (χ1) is 17.0. The van der Waals surface area contributed by atoms with Gasteiger partial charge in [-0.25, -0.2) is 4.79 Å². The Hall–Kier alpha value is -2.80. The van der Waals surface area contributed by atoms with Gasteiger partial charge in [0.15, 0.2) is 6.61 Å². The number of esters is 1. The molecule has 1 aromatic carbocycles. The van der Waals surface area contributed by atoms with E-state index < -0.39 is 5.97 Å². The fourth-order valence-electron chi connectivity index (χ4n) is 4.22. The maximum atomic E-state index is 13.0. The molecular weight excluding hydrogens is 468 g/mol. The molecule has 0 spiro atoms. The van der Waals surface area contributed by atoms with E-state index in [1.165, 1.54) is 7.11 Å². The van der Waals surface area contributed by atoms with E-state index in [2.05, 4.69) is 17.3 Å². The number of carbonyl (C=O) groups is 2. The summed E-state index contributed by atoms with van der Waals surface area (Å²) in [6.45, 7) is 3.55. The summed E-state index contributed by atoms with van der Waals surface area (Å²) in [5.74, 6) is -0.0207. The molecule has 1 fully saturated rings. The minimum atomic E-state index is -0.426. The van der Waals surface area contributed by atoms with Gasteiger partial charge in [-0.05, 0) is 75.1 Å². The Labute approximate surface area is 212 Å². The van der Waals surface area contributed by atoms with Crippen LogP contribution in [0.25, 0.3) is 0 Å². The molecule has 1 saturated heterocycles. The summed E-state index contributed by atoms with van der Waals surface area (Å²) in [7, 11) is 1.54. The number of rotatable bonds is 4. The van der Waals surface area contributed by atoms with E-state index in [9.17, 15) is 9.59 Å². The minimum Gasteiger partial charge on any atom is -0.495 e. The van der Waals surface area contributed by atoms with Gasteiger partial charge in [0, 0.05) is 19.5 Å². The molecule has 0 bridgehead atoms. The zero-order valence-electron chi connectivity index (χ0n) is 20.7. The largest absolute Gasteiger partial charge is 0.495 e. The van der Waals surface area contributed by atoms with Gasteiger partial charge >= 0.3 is 5.97 Å². The van der Waals surface area contributed by atoms with Crippen LogP contribution in [0.5, 0.6) is 5.75 Å². The Morgan fingerprint density at radius 3 is 2.63 bits per heavy atom. The lowest BCUT2D eigenvalue weighted by Gasteiger charge is -2.26. The number of ether oxygens (including phenoxy) is 2. The van der Waals surface area contributed by atoms with Crippen LogP contribution in [0.2, 0.25) is 5.02 Å². The summed E-state index contributed by atoms with van der Waals surface area (Å²) >= 11 is 6.67. The number of allylic oxidation sites excluding steroid dienone is 4. The number of oxime groups is 1. The van der Waals surface area contributed by atoms with Gasteiger partial charge in [-0.3, -0.25) is 4.79 Å². The standard InChI is InChI=1S/C27H35ClN2O5/c1-20-17-23(33-2)26(28)22-18-21(29-35-19-24(31)30-14-10-8-11-15-30)13-9-6-4-3-5-7-12-16-34-27(32)25(20)22/h3,5,9,13,17H,4,6-8,10-12,14-16,18-19H2,1-2H3/b5-3+,13-9+,29-21-. The first kappa shape index (κ1) is 26.8. The van der Waals surface area contributed by atoms with Crippen LogP contribution >= 0.6 is 11.6 Å². The van der Waals surface area contributed by atoms with E-state index in [0.717, 1.165) is 58.0 Å². The van der Waals surface area contributed by atoms with Crippen molar-refractivity contribution in [2.24, 2.45) is 5.16 Å². The van der Waals surface area contributed by atoms with Crippen LogP contribution in [0, 0.1) is 6.92 Å². The highest BCUT2D eigenvalue weighted by Crippen LogP contribution is 2.34. The Morgan fingerprint density at radius 2 is 1.86 bits per heavy atom. The number of aryl methyl sites for hydroxylation is 1. The van der Waals surface area contributed by atoms with Crippen LogP contribution in [-0.2, 0) is 20.8 Å². The second-order valence-electron chi connectivity index (χ2n) is 8.77. The number of fused-ring (bicyclic) bond motifs is 1. The van der Waals surface area contributed by atoms with Crippen LogP contribution in [0.3, 0.4) is 0 Å². The number of methoxy groups -OCH3 is 1. The number of amides is 1. The van der Waals surface area contributed by atoms with Crippen LogP contribution in [-0.4, -0.2) is 55.9 Å². The third-order valence-corrected chi connectivity index (χ3v) is 6.53. The molecule has 2 aliphatic rings. The predicted octanol–water partition coefficient (Wildman–Crippen LogP) is 5.43. The highest BCUT2D eigenvalue weighted by Gasteiger charge is 2.23. The summed E-state index contributed by atoms with van der Waals surface area (Å²) < 4.78 is 11.0. The van der Waals surface area contributed by atoms with E-state index >= 15 is 0 Å². The van der Waals surface area contributed by atoms with E-state index in [0.29, 0.717) is 39.8 Å². The van der Waals surface area contributed by atoms with Crippen molar-refractivity contribution in [1.82, 2.24) is 4.90 Å². The number of hydrogen-bond donors (Lipinski definition) is 0. The van der Waals surface area contributed by atoms with Crippen LogP contribution < -0.4 is 4.74 Å². The van der Waals surface area contributed by atoms with Gasteiger partial charge in [0.1, 0.15) is 5.75 Å². The molecule has 0 aliphatic carbocycles. The molecule has 8 heteroatoms. The molecule has 0 saturated carbocycles. The number of piperidine rings is 1. The number of halogens is 1. The molecule has 190 valence electrons. The van der Waals surface area contributed by atoms with Gasteiger partial charge < -0.3 is 19.2 Å². The first-order valence-corrected chi connectivity index (χ1v) is 12.7. The SMILES string of the molecule is COc1cc(C)c2c(c1Cl)CC(=N\OCC(=O)N1CCCCC1)/C=C/CC/C=C/CCCOC2=O. The Balaban J connectivity index is 1.89. The summed E-state index contributed by atoms with van der Waals surface area (Å²) in [4.78, 5) is 32.8. The topological polar surface area (TPSA) is 77.4 Å². The fourth-order valence-corrected chi connectivity index (χ4v) is 4.51. The quantitative estimate of drug-likeness (QED) is 0.312. The molecule has 0 N–H and O–H groups in total. The van der Waals surface area contributed by atoms with E-state index in [1.54, 1.807) is 6.07 Å². The summed E-state index contributed by atoms with van der Waals surface area (Å²) in [6.07, 6.45) is 14.8. The lowest BCUT2D eigenvalue weighted by molar-refractivity contribution is -0.137. The zero-order chi connectivity index (χ0) is 25.0.